The molecular formula is C16H26O2. The lowest BCUT2D eigenvalue weighted by Gasteiger charge is -2.63. The second-order valence-electron chi connectivity index (χ2n) is 7.63. The van der Waals surface area contributed by atoms with Crippen LogP contribution in [-0.4, -0.2) is 11.1 Å². The van der Waals surface area contributed by atoms with E-state index in [1.54, 1.807) is 0 Å². The fourth-order valence-corrected chi connectivity index (χ4v) is 6.12. The lowest BCUT2D eigenvalue weighted by Crippen LogP contribution is -2.55. The summed E-state index contributed by atoms with van der Waals surface area (Å²) < 4.78 is 0. The molecule has 3 unspecified atom stereocenters. The number of carbonyl (C=O) groups is 1. The summed E-state index contributed by atoms with van der Waals surface area (Å²) in [6.45, 7) is 4.25. The fourth-order valence-electron chi connectivity index (χ4n) is 6.12. The second-order valence-corrected chi connectivity index (χ2v) is 7.63. The van der Waals surface area contributed by atoms with E-state index in [2.05, 4.69) is 6.92 Å². The summed E-state index contributed by atoms with van der Waals surface area (Å²) >= 11 is 0. The third-order valence-electron chi connectivity index (χ3n) is 6.30. The monoisotopic (exact) mass is 250 g/mol. The highest BCUT2D eigenvalue weighted by molar-refractivity contribution is 5.70. The van der Waals surface area contributed by atoms with Gasteiger partial charge in [0.2, 0.25) is 0 Å². The summed E-state index contributed by atoms with van der Waals surface area (Å²) in [5.74, 6) is 0.961. The minimum Gasteiger partial charge on any atom is -0.481 e. The maximum atomic E-state index is 11.5. The maximum absolute atomic E-state index is 11.5. The van der Waals surface area contributed by atoms with Crippen LogP contribution in [0.2, 0.25) is 0 Å². The normalized spacial score (nSPS) is 47.2. The van der Waals surface area contributed by atoms with Crippen molar-refractivity contribution in [2.24, 2.45) is 28.6 Å². The van der Waals surface area contributed by atoms with Gasteiger partial charge in [0.25, 0.3) is 0 Å². The molecular weight excluding hydrogens is 224 g/mol. The zero-order valence-electron chi connectivity index (χ0n) is 11.7. The van der Waals surface area contributed by atoms with E-state index in [0.717, 1.165) is 11.8 Å². The zero-order chi connectivity index (χ0) is 13.0. The maximum Gasteiger partial charge on any atom is 0.306 e. The van der Waals surface area contributed by atoms with Crippen LogP contribution in [0.4, 0.5) is 0 Å². The average molecular weight is 250 g/mol. The number of rotatable bonds is 4. The average Bonchev–Trinajstić information content (AvgIpc) is 2.25. The van der Waals surface area contributed by atoms with Crippen molar-refractivity contribution in [2.75, 3.05) is 0 Å². The Morgan fingerprint density at radius 3 is 2.39 bits per heavy atom. The van der Waals surface area contributed by atoms with Gasteiger partial charge in [-0.15, -0.1) is 0 Å². The summed E-state index contributed by atoms with van der Waals surface area (Å²) in [5, 5.41) is 9.46. The summed E-state index contributed by atoms with van der Waals surface area (Å²) in [7, 11) is 0. The Balaban J connectivity index is 1.91. The minimum absolute atomic E-state index is 0.139. The summed E-state index contributed by atoms with van der Waals surface area (Å²) in [4.78, 5) is 11.5. The first-order chi connectivity index (χ1) is 8.49. The molecule has 4 aliphatic carbocycles. The van der Waals surface area contributed by atoms with E-state index in [1.165, 1.54) is 51.4 Å². The Kier molecular flexibility index (Phi) is 2.76. The highest BCUT2D eigenvalue weighted by Gasteiger charge is 2.59. The highest BCUT2D eigenvalue weighted by atomic mass is 16.4. The molecule has 0 radical (unpaired) electrons. The van der Waals surface area contributed by atoms with Gasteiger partial charge in [0.15, 0.2) is 0 Å². The minimum atomic E-state index is -0.566. The van der Waals surface area contributed by atoms with E-state index in [-0.39, 0.29) is 11.3 Å². The lowest BCUT2D eigenvalue weighted by atomic mass is 9.41. The summed E-state index contributed by atoms with van der Waals surface area (Å²) in [6.07, 6.45) is 10.4. The Hall–Kier alpha value is -0.530. The van der Waals surface area contributed by atoms with Crippen LogP contribution >= 0.6 is 0 Å². The van der Waals surface area contributed by atoms with Gasteiger partial charge in [0, 0.05) is 0 Å². The Morgan fingerprint density at radius 2 is 1.89 bits per heavy atom. The third-order valence-corrected chi connectivity index (χ3v) is 6.30. The van der Waals surface area contributed by atoms with E-state index in [0.29, 0.717) is 5.41 Å². The number of carboxylic acids is 1. The van der Waals surface area contributed by atoms with Crippen LogP contribution in [0.25, 0.3) is 0 Å². The molecule has 0 spiro atoms. The van der Waals surface area contributed by atoms with Crippen LogP contribution < -0.4 is 0 Å². The number of hydrogen-bond acceptors (Lipinski definition) is 1. The van der Waals surface area contributed by atoms with Gasteiger partial charge in [0.05, 0.1) is 5.92 Å². The van der Waals surface area contributed by atoms with Crippen LogP contribution in [0.5, 0.6) is 0 Å². The molecule has 102 valence electrons. The van der Waals surface area contributed by atoms with Gasteiger partial charge < -0.3 is 5.11 Å². The Labute approximate surface area is 110 Å². The van der Waals surface area contributed by atoms with Gasteiger partial charge in [-0.3, -0.25) is 4.79 Å². The van der Waals surface area contributed by atoms with Gasteiger partial charge in [-0.25, -0.2) is 0 Å². The Bertz CT molecular complexity index is 346. The van der Waals surface area contributed by atoms with Gasteiger partial charge in [-0.1, -0.05) is 20.3 Å². The first-order valence-electron chi connectivity index (χ1n) is 7.71. The molecule has 0 aromatic carbocycles. The first kappa shape index (κ1) is 12.5. The lowest BCUT2D eigenvalue weighted by molar-refractivity contribution is -0.167. The summed E-state index contributed by atoms with van der Waals surface area (Å²) in [5.41, 5.74) is 0.660. The molecule has 0 aliphatic heterocycles. The SMILES string of the molecule is CCCC12CC3CC(C1)CC(C(C)C(=O)O)(C3)C2. The largest absolute Gasteiger partial charge is 0.481 e. The van der Waals surface area contributed by atoms with Crippen LogP contribution in [-0.2, 0) is 4.79 Å². The predicted molar refractivity (Wildman–Crippen MR) is 71.3 cm³/mol. The highest BCUT2D eigenvalue weighted by Crippen LogP contribution is 2.68. The van der Waals surface area contributed by atoms with E-state index in [9.17, 15) is 9.90 Å². The van der Waals surface area contributed by atoms with Crippen molar-refractivity contribution in [3.63, 3.8) is 0 Å². The van der Waals surface area contributed by atoms with Crippen LogP contribution in [0, 0.1) is 28.6 Å². The molecule has 0 aromatic heterocycles. The molecule has 0 saturated heterocycles. The zero-order valence-corrected chi connectivity index (χ0v) is 11.7. The molecule has 4 bridgehead atoms. The van der Waals surface area contributed by atoms with Crippen LogP contribution in [0.3, 0.4) is 0 Å². The van der Waals surface area contributed by atoms with E-state index >= 15 is 0 Å². The van der Waals surface area contributed by atoms with Gasteiger partial charge in [-0.2, -0.15) is 0 Å². The fraction of sp³-hybridized carbons (Fsp3) is 0.938. The van der Waals surface area contributed by atoms with Crippen molar-refractivity contribution < 1.29 is 9.90 Å². The van der Waals surface area contributed by atoms with Crippen molar-refractivity contribution in [2.45, 2.75) is 65.2 Å². The van der Waals surface area contributed by atoms with Crippen molar-refractivity contribution in [1.29, 1.82) is 0 Å². The topological polar surface area (TPSA) is 37.3 Å². The van der Waals surface area contributed by atoms with Crippen molar-refractivity contribution >= 4 is 5.97 Å². The second kappa shape index (κ2) is 3.98. The van der Waals surface area contributed by atoms with Crippen molar-refractivity contribution in [3.05, 3.63) is 0 Å². The molecule has 1 N–H and O–H groups in total. The molecule has 3 atom stereocenters. The van der Waals surface area contributed by atoms with Gasteiger partial charge >= 0.3 is 5.97 Å². The van der Waals surface area contributed by atoms with E-state index in [4.69, 9.17) is 0 Å². The molecule has 2 nitrogen and oxygen atoms in total. The molecule has 18 heavy (non-hydrogen) atoms. The van der Waals surface area contributed by atoms with Gasteiger partial charge in [-0.05, 0) is 67.6 Å². The molecule has 0 aromatic rings. The van der Waals surface area contributed by atoms with Crippen LogP contribution in [0.1, 0.15) is 65.2 Å². The number of aliphatic carboxylic acids is 1. The van der Waals surface area contributed by atoms with Crippen LogP contribution in [0.15, 0.2) is 0 Å². The van der Waals surface area contributed by atoms with E-state index in [1.807, 2.05) is 6.92 Å². The van der Waals surface area contributed by atoms with Gasteiger partial charge in [0.1, 0.15) is 0 Å². The molecule has 4 aliphatic rings. The third kappa shape index (κ3) is 1.71. The smallest absolute Gasteiger partial charge is 0.306 e. The molecule has 0 amide bonds. The molecule has 4 fully saturated rings. The predicted octanol–water partition coefficient (Wildman–Crippen LogP) is 4.09. The Morgan fingerprint density at radius 1 is 1.28 bits per heavy atom. The molecule has 4 rings (SSSR count). The standard InChI is InChI=1S/C16H26O2/c1-3-4-15-6-12-5-13(7-15)9-16(8-12,10-15)11(2)14(17)18/h11-13H,3-10H2,1-2H3,(H,17,18). The first-order valence-corrected chi connectivity index (χ1v) is 7.71. The molecule has 0 heterocycles. The van der Waals surface area contributed by atoms with E-state index < -0.39 is 5.97 Å². The number of carboxylic acid groups (broad SMARTS) is 1. The quantitative estimate of drug-likeness (QED) is 0.815. The van der Waals surface area contributed by atoms with Crippen molar-refractivity contribution in [1.82, 2.24) is 0 Å². The van der Waals surface area contributed by atoms with Crippen molar-refractivity contribution in [3.8, 4) is 0 Å². The molecule has 4 saturated carbocycles. The number of hydrogen-bond donors (Lipinski definition) is 1. The molecule has 2 heteroatoms. The summed E-state index contributed by atoms with van der Waals surface area (Å²) in [6, 6.07) is 0.